The first kappa shape index (κ1) is 24.2. The number of benzene rings is 2. The molecule has 4 nitrogen and oxygen atoms in total. The number of aliphatic hydroxyl groups is 2. The Labute approximate surface area is 206 Å². The molecule has 0 amide bonds. The maximum absolute atomic E-state index is 10.4. The molecule has 1 aliphatic heterocycles. The van der Waals surface area contributed by atoms with Gasteiger partial charge in [0.2, 0.25) is 0 Å². The molecular weight excluding hydrogens is 444 g/mol. The molecule has 2 N–H and O–H groups in total. The van der Waals surface area contributed by atoms with Crippen molar-refractivity contribution in [1.82, 2.24) is 9.88 Å². The molecule has 5 heteroatoms. The summed E-state index contributed by atoms with van der Waals surface area (Å²) in [5, 5.41) is 21.3. The summed E-state index contributed by atoms with van der Waals surface area (Å²) in [4.78, 5) is 6.62. The Morgan fingerprint density at radius 2 is 1.79 bits per heavy atom. The van der Waals surface area contributed by atoms with Gasteiger partial charge in [0, 0.05) is 42.0 Å². The van der Waals surface area contributed by atoms with Crippen LogP contribution in [0.5, 0.6) is 0 Å². The molecule has 2 atom stereocenters. The first-order valence-corrected chi connectivity index (χ1v) is 12.0. The van der Waals surface area contributed by atoms with Crippen LogP contribution in [0.3, 0.4) is 0 Å². The van der Waals surface area contributed by atoms with Gasteiger partial charge in [0.1, 0.15) is 5.69 Å². The van der Waals surface area contributed by atoms with E-state index in [1.54, 1.807) is 0 Å². The molecule has 0 unspecified atom stereocenters. The predicted molar refractivity (Wildman–Crippen MR) is 138 cm³/mol. The van der Waals surface area contributed by atoms with Gasteiger partial charge in [-0.15, -0.1) is 0 Å². The van der Waals surface area contributed by atoms with Crippen LogP contribution < -0.4 is 0 Å². The van der Waals surface area contributed by atoms with Crippen LogP contribution in [0, 0.1) is 11.8 Å². The number of nitrogens with zero attached hydrogens (tertiary/aromatic N) is 2. The number of rotatable bonds is 5. The molecule has 0 spiro atoms. The fraction of sp³-hybridized carbons (Fsp3) is 0.276. The van der Waals surface area contributed by atoms with Gasteiger partial charge in [-0.1, -0.05) is 66.9 Å². The lowest BCUT2D eigenvalue weighted by atomic mass is 9.86. The first-order valence-electron chi connectivity index (χ1n) is 11.6. The monoisotopic (exact) mass is 472 g/mol. The van der Waals surface area contributed by atoms with Crippen molar-refractivity contribution in [2.24, 2.45) is 0 Å². The molecule has 3 aromatic rings. The van der Waals surface area contributed by atoms with Gasteiger partial charge in [-0.3, -0.25) is 4.90 Å². The highest BCUT2D eigenvalue weighted by atomic mass is 35.5. The minimum absolute atomic E-state index is 0.498. The molecular formula is C29H29ClN2O2. The minimum Gasteiger partial charge on any atom is -0.389 e. The highest BCUT2D eigenvalue weighted by Gasteiger charge is 2.38. The summed E-state index contributed by atoms with van der Waals surface area (Å²) in [5.41, 5.74) is 3.90. The Balaban J connectivity index is 1.31. The summed E-state index contributed by atoms with van der Waals surface area (Å²) in [6, 6.07) is 19.7. The number of hydrogen-bond acceptors (Lipinski definition) is 4. The Hall–Kier alpha value is -2.94. The van der Waals surface area contributed by atoms with Crippen LogP contribution in [0.15, 0.2) is 72.9 Å². The van der Waals surface area contributed by atoms with E-state index >= 15 is 0 Å². The SMILES string of the molecule is CC[C@]1(O)CCN(CC=Cc2ccc(C#Cc3ccc(-c4ccc(Cl)cc4)cn3)cc2)C[C@H]1O. The smallest absolute Gasteiger partial charge is 0.113 e. The van der Waals surface area contributed by atoms with Gasteiger partial charge >= 0.3 is 0 Å². The normalized spacial score (nSPS) is 20.8. The average Bonchev–Trinajstić information content (AvgIpc) is 2.86. The maximum atomic E-state index is 10.4. The lowest BCUT2D eigenvalue weighted by Crippen LogP contribution is -2.55. The van der Waals surface area contributed by atoms with Crippen molar-refractivity contribution < 1.29 is 10.2 Å². The molecule has 2 heterocycles. The highest BCUT2D eigenvalue weighted by molar-refractivity contribution is 6.30. The second kappa shape index (κ2) is 11.0. The van der Waals surface area contributed by atoms with Crippen LogP contribution >= 0.6 is 11.6 Å². The number of hydrogen-bond donors (Lipinski definition) is 2. The molecule has 1 aliphatic rings. The van der Waals surface area contributed by atoms with Crippen molar-refractivity contribution in [1.29, 1.82) is 0 Å². The predicted octanol–water partition coefficient (Wildman–Crippen LogP) is 5.02. The van der Waals surface area contributed by atoms with E-state index in [9.17, 15) is 10.2 Å². The van der Waals surface area contributed by atoms with Gasteiger partial charge in [0.15, 0.2) is 0 Å². The van der Waals surface area contributed by atoms with Crippen LogP contribution in [0.2, 0.25) is 5.02 Å². The van der Waals surface area contributed by atoms with Gasteiger partial charge in [-0.05, 0) is 60.2 Å². The second-order valence-corrected chi connectivity index (χ2v) is 9.13. The standard InChI is InChI=1S/C29H29ClN2O2/c1-2-29(34)17-19-32(21-28(29)33)18-3-4-22-5-7-23(8-6-22)9-15-27-16-12-25(20-31-27)24-10-13-26(30)14-11-24/h3-8,10-14,16,20,28,33-34H,2,17-19,21H2,1H3/t28-,29+/m1/s1. The van der Waals surface area contributed by atoms with Gasteiger partial charge < -0.3 is 10.2 Å². The van der Waals surface area contributed by atoms with Gasteiger partial charge in [-0.2, -0.15) is 0 Å². The molecule has 1 fully saturated rings. The van der Waals surface area contributed by atoms with E-state index in [2.05, 4.69) is 33.9 Å². The fourth-order valence-electron chi connectivity index (χ4n) is 4.03. The van der Waals surface area contributed by atoms with Crippen LogP contribution in [-0.2, 0) is 0 Å². The van der Waals surface area contributed by atoms with Crippen LogP contribution in [0.25, 0.3) is 17.2 Å². The van der Waals surface area contributed by atoms with E-state index in [-0.39, 0.29) is 0 Å². The average molecular weight is 473 g/mol. The number of β-amino-alcohol motifs (C(OH)–C–C–N with tert-alkyl or cyclic N) is 1. The summed E-state index contributed by atoms with van der Waals surface area (Å²) in [6.07, 6.45) is 6.48. The van der Waals surface area contributed by atoms with Crippen LogP contribution in [0.1, 0.15) is 36.6 Å². The Morgan fingerprint density at radius 1 is 1.06 bits per heavy atom. The van der Waals surface area contributed by atoms with Crippen LogP contribution in [0.4, 0.5) is 0 Å². The summed E-state index contributed by atoms with van der Waals surface area (Å²) < 4.78 is 0. The fourth-order valence-corrected chi connectivity index (χ4v) is 4.16. The molecule has 0 radical (unpaired) electrons. The van der Waals surface area contributed by atoms with Crippen molar-refractivity contribution in [3.63, 3.8) is 0 Å². The molecule has 174 valence electrons. The van der Waals surface area contributed by atoms with E-state index < -0.39 is 11.7 Å². The first-order chi connectivity index (χ1) is 16.4. The van der Waals surface area contributed by atoms with E-state index in [1.807, 2.05) is 73.8 Å². The summed E-state index contributed by atoms with van der Waals surface area (Å²) in [7, 11) is 0. The zero-order valence-electron chi connectivity index (χ0n) is 19.3. The number of pyridine rings is 1. The van der Waals surface area contributed by atoms with E-state index in [0.717, 1.165) is 41.0 Å². The van der Waals surface area contributed by atoms with Crippen molar-refractivity contribution in [2.75, 3.05) is 19.6 Å². The third-order valence-electron chi connectivity index (χ3n) is 6.39. The summed E-state index contributed by atoms with van der Waals surface area (Å²) in [6.45, 7) is 3.95. The number of piperidine rings is 1. The maximum Gasteiger partial charge on any atom is 0.113 e. The van der Waals surface area contributed by atoms with Crippen LogP contribution in [-0.4, -0.2) is 51.4 Å². The Morgan fingerprint density at radius 3 is 2.44 bits per heavy atom. The Kier molecular flexibility index (Phi) is 7.82. The van der Waals surface area contributed by atoms with Crippen molar-refractivity contribution >= 4 is 17.7 Å². The molecule has 0 bridgehead atoms. The Bertz CT molecular complexity index is 1180. The lowest BCUT2D eigenvalue weighted by Gasteiger charge is -2.41. The topological polar surface area (TPSA) is 56.6 Å². The minimum atomic E-state index is -0.939. The lowest BCUT2D eigenvalue weighted by molar-refractivity contribution is -0.118. The van der Waals surface area contributed by atoms with E-state index in [4.69, 9.17) is 11.6 Å². The zero-order chi connectivity index (χ0) is 24.0. The van der Waals surface area contributed by atoms with Gasteiger partial charge in [-0.25, -0.2) is 4.98 Å². The zero-order valence-corrected chi connectivity index (χ0v) is 20.0. The van der Waals surface area contributed by atoms with Crippen molar-refractivity contribution in [2.45, 2.75) is 31.5 Å². The van der Waals surface area contributed by atoms with E-state index in [1.165, 1.54) is 0 Å². The molecule has 0 aliphatic carbocycles. The third-order valence-corrected chi connectivity index (χ3v) is 6.64. The molecule has 2 aromatic carbocycles. The quantitative estimate of drug-likeness (QED) is 0.512. The molecule has 1 aromatic heterocycles. The van der Waals surface area contributed by atoms with Gasteiger partial charge in [0.25, 0.3) is 0 Å². The number of aliphatic hydroxyl groups excluding tert-OH is 1. The molecule has 34 heavy (non-hydrogen) atoms. The second-order valence-electron chi connectivity index (χ2n) is 8.70. The molecule has 0 saturated carbocycles. The highest BCUT2D eigenvalue weighted by Crippen LogP contribution is 2.25. The van der Waals surface area contributed by atoms with Gasteiger partial charge in [0.05, 0.1) is 11.7 Å². The van der Waals surface area contributed by atoms with Crippen molar-refractivity contribution in [3.8, 4) is 23.0 Å². The van der Waals surface area contributed by atoms with Crippen molar-refractivity contribution in [3.05, 3.63) is 94.8 Å². The third kappa shape index (κ3) is 6.14. The largest absolute Gasteiger partial charge is 0.389 e. The summed E-state index contributed by atoms with van der Waals surface area (Å²) >= 11 is 5.95. The number of halogens is 1. The number of aromatic nitrogens is 1. The molecule has 1 saturated heterocycles. The summed E-state index contributed by atoms with van der Waals surface area (Å²) in [5.74, 6) is 6.29. The van der Waals surface area contributed by atoms with E-state index in [0.29, 0.717) is 24.4 Å². The number of likely N-dealkylation sites (tertiary alicyclic amines) is 1. The molecule has 4 rings (SSSR count).